The molecule has 0 bridgehead atoms. The van der Waals surface area contributed by atoms with Gasteiger partial charge in [0.15, 0.2) is 0 Å². The minimum Gasteiger partial charge on any atom is -0.326 e. The monoisotopic (exact) mass is 312 g/mol. The van der Waals surface area contributed by atoms with Gasteiger partial charge in [0.25, 0.3) is 10.0 Å². The van der Waals surface area contributed by atoms with E-state index >= 15 is 0 Å². The number of benzene rings is 2. The molecule has 2 rings (SSSR count). The van der Waals surface area contributed by atoms with E-state index in [4.69, 9.17) is 5.73 Å². The van der Waals surface area contributed by atoms with Gasteiger partial charge in [-0.2, -0.15) is 0 Å². The zero-order chi connectivity index (χ0) is 15.6. The average molecular weight is 312 g/mol. The number of hydrogen-bond donors (Lipinski definition) is 2. The summed E-state index contributed by atoms with van der Waals surface area (Å²) < 4.78 is 53.4. The second kappa shape index (κ2) is 5.79. The van der Waals surface area contributed by atoms with E-state index in [0.29, 0.717) is 5.56 Å². The topological polar surface area (TPSA) is 72.2 Å². The molecule has 0 saturated carbocycles. The number of nitrogens with two attached hydrogens (primary N) is 1. The number of aryl methyl sites for hydroxylation is 1. The van der Waals surface area contributed by atoms with Crippen LogP contribution in [0.5, 0.6) is 0 Å². The Kier molecular flexibility index (Phi) is 4.24. The first-order valence-corrected chi connectivity index (χ1v) is 7.59. The molecule has 112 valence electrons. The second-order valence-corrected chi connectivity index (χ2v) is 6.21. The van der Waals surface area contributed by atoms with Crippen molar-refractivity contribution >= 4 is 15.7 Å². The highest BCUT2D eigenvalue weighted by molar-refractivity contribution is 7.92. The number of rotatable bonds is 4. The highest BCUT2D eigenvalue weighted by atomic mass is 32.2. The molecule has 2 aromatic rings. The van der Waals surface area contributed by atoms with Gasteiger partial charge in [-0.15, -0.1) is 0 Å². The number of anilines is 1. The van der Waals surface area contributed by atoms with Crippen molar-refractivity contribution in [3.05, 3.63) is 59.2 Å². The van der Waals surface area contributed by atoms with Crippen LogP contribution in [0.4, 0.5) is 14.5 Å². The Morgan fingerprint density at radius 3 is 2.43 bits per heavy atom. The molecule has 0 amide bonds. The molecule has 7 heteroatoms. The Balaban J connectivity index is 2.35. The van der Waals surface area contributed by atoms with Crippen LogP contribution in [0, 0.1) is 18.6 Å². The van der Waals surface area contributed by atoms with Gasteiger partial charge in [-0.1, -0.05) is 6.07 Å². The summed E-state index contributed by atoms with van der Waals surface area (Å²) in [4.78, 5) is -0.134. The lowest BCUT2D eigenvalue weighted by atomic mass is 10.2. The van der Waals surface area contributed by atoms with Crippen molar-refractivity contribution in [2.75, 3.05) is 4.72 Å². The van der Waals surface area contributed by atoms with E-state index in [1.165, 1.54) is 12.1 Å². The Labute approximate surface area is 121 Å². The summed E-state index contributed by atoms with van der Waals surface area (Å²) in [5.41, 5.74) is 5.94. The normalized spacial score (nSPS) is 11.4. The summed E-state index contributed by atoms with van der Waals surface area (Å²) in [6, 6.07) is 7.31. The summed E-state index contributed by atoms with van der Waals surface area (Å²) in [6.07, 6.45) is 0. The summed E-state index contributed by atoms with van der Waals surface area (Å²) in [7, 11) is -3.93. The standard InChI is InChI=1S/C14H14F2N2O2S/c1-9-2-3-11(7-14(9)16)18-21(19,20)12-4-5-13(15)10(6-12)8-17/h2-7,18H,8,17H2,1H3. The summed E-state index contributed by atoms with van der Waals surface area (Å²) in [5.74, 6) is -1.09. The molecule has 0 radical (unpaired) electrons. The third kappa shape index (κ3) is 3.37. The summed E-state index contributed by atoms with van der Waals surface area (Å²) in [6.45, 7) is 1.45. The van der Waals surface area contributed by atoms with Crippen LogP contribution < -0.4 is 10.5 Å². The molecule has 4 nitrogen and oxygen atoms in total. The largest absolute Gasteiger partial charge is 0.326 e. The zero-order valence-corrected chi connectivity index (χ0v) is 12.0. The van der Waals surface area contributed by atoms with Crippen molar-refractivity contribution in [3.8, 4) is 0 Å². The molecule has 0 aliphatic heterocycles. The van der Waals surface area contributed by atoms with Gasteiger partial charge < -0.3 is 5.73 Å². The van der Waals surface area contributed by atoms with E-state index in [0.717, 1.165) is 24.3 Å². The van der Waals surface area contributed by atoms with Crippen molar-refractivity contribution in [1.29, 1.82) is 0 Å². The smallest absolute Gasteiger partial charge is 0.261 e. The molecule has 3 N–H and O–H groups in total. The van der Waals surface area contributed by atoms with Crippen molar-refractivity contribution in [2.45, 2.75) is 18.4 Å². The van der Waals surface area contributed by atoms with Crippen molar-refractivity contribution in [3.63, 3.8) is 0 Å². The number of halogens is 2. The van der Waals surface area contributed by atoms with Gasteiger partial charge in [0.1, 0.15) is 11.6 Å². The van der Waals surface area contributed by atoms with Gasteiger partial charge in [0.05, 0.1) is 10.6 Å². The van der Waals surface area contributed by atoms with E-state index in [-0.39, 0.29) is 22.7 Å². The highest BCUT2D eigenvalue weighted by Gasteiger charge is 2.16. The van der Waals surface area contributed by atoms with Crippen LogP contribution >= 0.6 is 0 Å². The average Bonchev–Trinajstić information content (AvgIpc) is 2.43. The first-order valence-electron chi connectivity index (χ1n) is 6.11. The molecule has 0 unspecified atom stereocenters. The molecule has 0 heterocycles. The molecule has 0 spiro atoms. The van der Waals surface area contributed by atoms with Crippen LogP contribution in [0.15, 0.2) is 41.3 Å². The van der Waals surface area contributed by atoms with Gasteiger partial charge in [0, 0.05) is 12.1 Å². The van der Waals surface area contributed by atoms with Gasteiger partial charge in [-0.05, 0) is 42.8 Å². The predicted octanol–water partition coefficient (Wildman–Crippen LogP) is 2.53. The second-order valence-electron chi connectivity index (χ2n) is 4.53. The van der Waals surface area contributed by atoms with Crippen molar-refractivity contribution < 1.29 is 17.2 Å². The molecule has 0 fully saturated rings. The summed E-state index contributed by atoms with van der Waals surface area (Å²) >= 11 is 0. The molecule has 21 heavy (non-hydrogen) atoms. The van der Waals surface area contributed by atoms with Gasteiger partial charge in [0.2, 0.25) is 0 Å². The summed E-state index contributed by atoms with van der Waals surface area (Å²) in [5, 5.41) is 0. The molecule has 0 saturated heterocycles. The molecule has 0 aliphatic carbocycles. The van der Waals surface area contributed by atoms with Crippen LogP contribution in [0.3, 0.4) is 0 Å². The van der Waals surface area contributed by atoms with Crippen molar-refractivity contribution in [1.82, 2.24) is 0 Å². The van der Waals surface area contributed by atoms with Gasteiger partial charge in [-0.3, -0.25) is 4.72 Å². The first-order chi connectivity index (χ1) is 9.83. The Hall–Kier alpha value is -1.99. The maximum absolute atomic E-state index is 13.4. The fourth-order valence-corrected chi connectivity index (χ4v) is 2.84. The molecular formula is C14H14F2N2O2S. The van der Waals surface area contributed by atoms with Gasteiger partial charge in [-0.25, -0.2) is 17.2 Å². The van der Waals surface area contributed by atoms with Crippen LogP contribution in [0.1, 0.15) is 11.1 Å². The Bertz CT molecular complexity index is 777. The van der Waals surface area contributed by atoms with E-state index in [1.54, 1.807) is 6.92 Å². The van der Waals surface area contributed by atoms with Crippen LogP contribution in [0.2, 0.25) is 0 Å². The third-order valence-corrected chi connectivity index (χ3v) is 4.35. The van der Waals surface area contributed by atoms with E-state index in [2.05, 4.69) is 4.72 Å². The lowest BCUT2D eigenvalue weighted by Gasteiger charge is -2.10. The fraction of sp³-hybridized carbons (Fsp3) is 0.143. The molecule has 0 atom stereocenters. The Morgan fingerprint density at radius 2 is 1.81 bits per heavy atom. The Morgan fingerprint density at radius 1 is 1.10 bits per heavy atom. The fourth-order valence-electron chi connectivity index (χ4n) is 1.75. The number of sulfonamides is 1. The van der Waals surface area contributed by atoms with E-state index < -0.39 is 21.7 Å². The quantitative estimate of drug-likeness (QED) is 0.911. The molecule has 0 aliphatic rings. The SMILES string of the molecule is Cc1ccc(NS(=O)(=O)c2ccc(F)c(CN)c2)cc1F. The van der Waals surface area contributed by atoms with Crippen LogP contribution in [-0.4, -0.2) is 8.42 Å². The maximum Gasteiger partial charge on any atom is 0.261 e. The molecular weight excluding hydrogens is 298 g/mol. The minimum atomic E-state index is -3.93. The number of nitrogens with one attached hydrogen (secondary N) is 1. The third-order valence-electron chi connectivity index (χ3n) is 2.97. The van der Waals surface area contributed by atoms with E-state index in [1.807, 2.05) is 0 Å². The lowest BCUT2D eigenvalue weighted by molar-refractivity contribution is 0.596. The molecule has 0 aromatic heterocycles. The lowest BCUT2D eigenvalue weighted by Crippen LogP contribution is -2.14. The highest BCUT2D eigenvalue weighted by Crippen LogP contribution is 2.20. The maximum atomic E-state index is 13.4. The molecule has 2 aromatic carbocycles. The van der Waals surface area contributed by atoms with Crippen LogP contribution in [0.25, 0.3) is 0 Å². The zero-order valence-electron chi connectivity index (χ0n) is 11.2. The van der Waals surface area contributed by atoms with E-state index in [9.17, 15) is 17.2 Å². The van der Waals surface area contributed by atoms with Crippen LogP contribution in [-0.2, 0) is 16.6 Å². The minimum absolute atomic E-state index is 0.0907. The number of hydrogen-bond acceptors (Lipinski definition) is 3. The van der Waals surface area contributed by atoms with Gasteiger partial charge >= 0.3 is 0 Å². The first kappa shape index (κ1) is 15.4. The van der Waals surface area contributed by atoms with Crippen molar-refractivity contribution in [2.24, 2.45) is 5.73 Å². The predicted molar refractivity (Wildman–Crippen MR) is 76.2 cm³/mol.